The number of nitrogens with one attached hydrogen (secondary N) is 1. The molecule has 0 radical (unpaired) electrons. The van der Waals surface area contributed by atoms with Gasteiger partial charge in [0.1, 0.15) is 5.82 Å². The highest BCUT2D eigenvalue weighted by Crippen LogP contribution is 2.29. The fourth-order valence-electron chi connectivity index (χ4n) is 5.01. The molecule has 5 nitrogen and oxygen atoms in total. The van der Waals surface area contributed by atoms with Crippen LogP contribution in [0.2, 0.25) is 0 Å². The molecule has 1 N–H and O–H groups in total. The Morgan fingerprint density at radius 1 is 1.03 bits per heavy atom. The number of halogens is 3. The third kappa shape index (κ3) is 5.27. The normalized spacial score (nSPS) is 19.4. The summed E-state index contributed by atoms with van der Waals surface area (Å²) in [6.45, 7) is 6.34. The summed E-state index contributed by atoms with van der Waals surface area (Å²) in [7, 11) is 0. The standard InChI is InChI=1S/C26H30F3N3O2/c1-16-14-31(9-10-32(16)26(34)18-5-3-4-6-18)15-20-11-21(27)13-24(17(20)2)30-25(33)19-7-8-22(28)23(29)12-19/h7-8,11-13,16,18H,3-6,9-10,14-15H2,1-2H3,(H,30,33)/t16-/m0/s1. The summed E-state index contributed by atoms with van der Waals surface area (Å²) < 4.78 is 41.1. The summed E-state index contributed by atoms with van der Waals surface area (Å²) in [4.78, 5) is 29.5. The van der Waals surface area contributed by atoms with Gasteiger partial charge in [0, 0.05) is 49.4 Å². The minimum atomic E-state index is -1.12. The second kappa shape index (κ2) is 10.2. The largest absolute Gasteiger partial charge is 0.337 e. The van der Waals surface area contributed by atoms with Crippen LogP contribution in [-0.2, 0) is 11.3 Å². The highest BCUT2D eigenvalue weighted by Gasteiger charge is 2.33. The van der Waals surface area contributed by atoms with Crippen LogP contribution in [0.4, 0.5) is 18.9 Å². The predicted octanol–water partition coefficient (Wildman–Crippen LogP) is 4.89. The first kappa shape index (κ1) is 24.3. The molecule has 8 heteroatoms. The molecule has 0 bridgehead atoms. The monoisotopic (exact) mass is 473 g/mol. The van der Waals surface area contributed by atoms with Crippen LogP contribution in [0.15, 0.2) is 30.3 Å². The molecule has 2 amide bonds. The number of anilines is 1. The second-order valence-electron chi connectivity index (χ2n) is 9.42. The Morgan fingerprint density at radius 2 is 1.76 bits per heavy atom. The molecule has 4 rings (SSSR count). The van der Waals surface area contributed by atoms with Gasteiger partial charge in [-0.3, -0.25) is 14.5 Å². The van der Waals surface area contributed by atoms with Crippen molar-refractivity contribution in [1.29, 1.82) is 0 Å². The van der Waals surface area contributed by atoms with Crippen molar-refractivity contribution in [3.63, 3.8) is 0 Å². The van der Waals surface area contributed by atoms with Crippen LogP contribution in [0.5, 0.6) is 0 Å². The number of benzene rings is 2. The summed E-state index contributed by atoms with van der Waals surface area (Å²) in [6, 6.07) is 5.61. The molecule has 0 aromatic heterocycles. The van der Waals surface area contributed by atoms with Crippen molar-refractivity contribution in [2.75, 3.05) is 25.0 Å². The molecule has 1 atom stereocenters. The summed E-state index contributed by atoms with van der Waals surface area (Å²) >= 11 is 0. The zero-order valence-corrected chi connectivity index (χ0v) is 19.5. The quantitative estimate of drug-likeness (QED) is 0.673. The zero-order valence-electron chi connectivity index (χ0n) is 19.5. The van der Waals surface area contributed by atoms with Gasteiger partial charge >= 0.3 is 0 Å². The van der Waals surface area contributed by atoms with Crippen molar-refractivity contribution < 1.29 is 22.8 Å². The Morgan fingerprint density at radius 3 is 2.44 bits per heavy atom. The highest BCUT2D eigenvalue weighted by molar-refractivity contribution is 6.04. The lowest BCUT2D eigenvalue weighted by Gasteiger charge is -2.41. The number of hydrogen-bond donors (Lipinski definition) is 1. The van der Waals surface area contributed by atoms with Gasteiger partial charge in [0.15, 0.2) is 11.6 Å². The van der Waals surface area contributed by atoms with Crippen LogP contribution in [0.1, 0.15) is 54.1 Å². The SMILES string of the molecule is Cc1c(CN2CCN(C(=O)C3CCCC3)[C@@H](C)C2)cc(F)cc1NC(=O)c1ccc(F)c(F)c1. The Balaban J connectivity index is 1.43. The lowest BCUT2D eigenvalue weighted by atomic mass is 10.0. The molecule has 1 saturated carbocycles. The number of carbonyl (C=O) groups is 2. The molecule has 0 unspecified atom stereocenters. The summed E-state index contributed by atoms with van der Waals surface area (Å²) in [5, 5.41) is 2.61. The fraction of sp³-hybridized carbons (Fsp3) is 0.462. The van der Waals surface area contributed by atoms with Gasteiger partial charge in [-0.1, -0.05) is 12.8 Å². The third-order valence-corrected chi connectivity index (χ3v) is 7.00. The van der Waals surface area contributed by atoms with E-state index < -0.39 is 23.4 Å². The van der Waals surface area contributed by atoms with Crippen molar-refractivity contribution in [3.05, 3.63) is 64.5 Å². The average Bonchev–Trinajstić information content (AvgIpc) is 3.33. The smallest absolute Gasteiger partial charge is 0.255 e. The molecule has 2 fully saturated rings. The third-order valence-electron chi connectivity index (χ3n) is 7.00. The van der Waals surface area contributed by atoms with Crippen LogP contribution >= 0.6 is 0 Å². The number of rotatable bonds is 5. The first-order chi connectivity index (χ1) is 16.2. The van der Waals surface area contributed by atoms with E-state index in [0.29, 0.717) is 31.7 Å². The highest BCUT2D eigenvalue weighted by atomic mass is 19.2. The van der Waals surface area contributed by atoms with Gasteiger partial charge < -0.3 is 10.2 Å². The lowest BCUT2D eigenvalue weighted by molar-refractivity contribution is -0.140. The molecule has 1 aliphatic heterocycles. The number of nitrogens with zero attached hydrogens (tertiary/aromatic N) is 2. The molecule has 182 valence electrons. The van der Waals surface area contributed by atoms with E-state index in [-0.39, 0.29) is 29.1 Å². The first-order valence-corrected chi connectivity index (χ1v) is 11.8. The molecule has 0 spiro atoms. The molecular formula is C26H30F3N3O2. The van der Waals surface area contributed by atoms with Gasteiger partial charge in [0.25, 0.3) is 5.91 Å². The summed E-state index contributed by atoms with van der Waals surface area (Å²) in [5.41, 5.74) is 1.66. The van der Waals surface area contributed by atoms with Crippen LogP contribution in [0, 0.1) is 30.3 Å². The molecular weight excluding hydrogens is 443 g/mol. The molecule has 1 aliphatic carbocycles. The predicted molar refractivity (Wildman–Crippen MR) is 124 cm³/mol. The van der Waals surface area contributed by atoms with Gasteiger partial charge in [-0.15, -0.1) is 0 Å². The second-order valence-corrected chi connectivity index (χ2v) is 9.42. The molecule has 2 aromatic carbocycles. The number of carbonyl (C=O) groups excluding carboxylic acids is 2. The van der Waals surface area contributed by atoms with Gasteiger partial charge in [-0.2, -0.15) is 0 Å². The Kier molecular flexibility index (Phi) is 7.26. The number of hydrogen-bond acceptors (Lipinski definition) is 3. The number of piperazine rings is 1. The maximum atomic E-state index is 14.4. The van der Waals surface area contributed by atoms with E-state index in [2.05, 4.69) is 10.2 Å². The maximum absolute atomic E-state index is 14.4. The Hall–Kier alpha value is -2.87. The van der Waals surface area contributed by atoms with Crippen molar-refractivity contribution in [3.8, 4) is 0 Å². The first-order valence-electron chi connectivity index (χ1n) is 11.8. The summed E-state index contributed by atoms with van der Waals surface area (Å²) in [5.74, 6) is -2.89. The van der Waals surface area contributed by atoms with Gasteiger partial charge in [0.2, 0.25) is 5.91 Å². The van der Waals surface area contributed by atoms with E-state index >= 15 is 0 Å². The fourth-order valence-corrected chi connectivity index (χ4v) is 5.01. The number of amides is 2. The lowest BCUT2D eigenvalue weighted by Crippen LogP contribution is -2.54. The maximum Gasteiger partial charge on any atom is 0.255 e. The van der Waals surface area contributed by atoms with Crippen LogP contribution in [0.3, 0.4) is 0 Å². The van der Waals surface area contributed by atoms with E-state index in [1.54, 1.807) is 6.92 Å². The van der Waals surface area contributed by atoms with Crippen LogP contribution in [0.25, 0.3) is 0 Å². The molecule has 2 aliphatic rings. The van der Waals surface area contributed by atoms with Crippen molar-refractivity contribution in [1.82, 2.24) is 9.80 Å². The van der Waals surface area contributed by atoms with Crippen molar-refractivity contribution in [2.45, 2.75) is 52.1 Å². The van der Waals surface area contributed by atoms with Crippen LogP contribution in [-0.4, -0.2) is 47.3 Å². The van der Waals surface area contributed by atoms with E-state index in [9.17, 15) is 22.8 Å². The van der Waals surface area contributed by atoms with Crippen molar-refractivity contribution in [2.24, 2.45) is 5.92 Å². The molecule has 2 aromatic rings. The van der Waals surface area contributed by atoms with E-state index in [4.69, 9.17) is 0 Å². The van der Waals surface area contributed by atoms with Gasteiger partial charge in [-0.25, -0.2) is 13.2 Å². The van der Waals surface area contributed by atoms with Crippen LogP contribution < -0.4 is 5.32 Å². The van der Waals surface area contributed by atoms with E-state index in [1.165, 1.54) is 18.2 Å². The minimum Gasteiger partial charge on any atom is -0.337 e. The molecule has 1 saturated heterocycles. The molecule has 1 heterocycles. The molecule has 34 heavy (non-hydrogen) atoms. The summed E-state index contributed by atoms with van der Waals surface area (Å²) in [6.07, 6.45) is 4.21. The zero-order chi connectivity index (χ0) is 24.4. The van der Waals surface area contributed by atoms with Gasteiger partial charge in [0.05, 0.1) is 0 Å². The Labute approximate surface area is 197 Å². The Bertz CT molecular complexity index is 1090. The minimum absolute atomic E-state index is 0.0546. The van der Waals surface area contributed by atoms with Crippen molar-refractivity contribution >= 4 is 17.5 Å². The average molecular weight is 474 g/mol. The van der Waals surface area contributed by atoms with Gasteiger partial charge in [-0.05, 0) is 68.1 Å². The van der Waals surface area contributed by atoms with E-state index in [1.807, 2.05) is 11.8 Å². The topological polar surface area (TPSA) is 52.6 Å². The van der Waals surface area contributed by atoms with E-state index in [0.717, 1.165) is 43.4 Å².